The summed E-state index contributed by atoms with van der Waals surface area (Å²) in [4.78, 5) is 21.7. The van der Waals surface area contributed by atoms with E-state index in [9.17, 15) is 9.59 Å². The third-order valence-corrected chi connectivity index (χ3v) is 3.16. The maximum absolute atomic E-state index is 11.6. The molecule has 106 valence electrons. The molecule has 4 nitrogen and oxygen atoms in total. The van der Waals surface area contributed by atoms with Crippen molar-refractivity contribution in [1.82, 2.24) is 10.6 Å². The van der Waals surface area contributed by atoms with E-state index in [1.807, 2.05) is 0 Å². The Bertz CT molecular complexity index is 232. The lowest BCUT2D eigenvalue weighted by atomic mass is 10.0. The number of amides is 2. The lowest BCUT2D eigenvalue weighted by molar-refractivity contribution is -0.121. The third kappa shape index (κ3) is 10.1. The van der Waals surface area contributed by atoms with Gasteiger partial charge in [-0.3, -0.25) is 9.59 Å². The van der Waals surface area contributed by atoms with Crippen LogP contribution in [-0.2, 0) is 9.59 Å². The summed E-state index contributed by atoms with van der Waals surface area (Å²) >= 11 is 0. The Kier molecular flexibility index (Phi) is 10.4. The summed E-state index contributed by atoms with van der Waals surface area (Å²) in [6.07, 6.45) is 5.44. The van der Waals surface area contributed by atoms with Crippen molar-refractivity contribution in [3.63, 3.8) is 0 Å². The minimum atomic E-state index is 0.146. The quantitative estimate of drug-likeness (QED) is 0.439. The largest absolute Gasteiger partial charge is 0.359 e. The van der Waals surface area contributed by atoms with Gasteiger partial charge >= 0.3 is 0 Å². The number of carbonyl (C=O) groups is 2. The van der Waals surface area contributed by atoms with Crippen molar-refractivity contribution >= 4 is 12.3 Å². The minimum Gasteiger partial charge on any atom is -0.359 e. The molecule has 4 heteroatoms. The molecule has 0 saturated carbocycles. The van der Waals surface area contributed by atoms with Crippen molar-refractivity contribution < 1.29 is 9.59 Å². The summed E-state index contributed by atoms with van der Waals surface area (Å²) in [5.74, 6) is 1.18. The Balaban J connectivity index is 3.54. The van der Waals surface area contributed by atoms with Crippen LogP contribution in [0.25, 0.3) is 0 Å². The number of carbonyl (C=O) groups excluding carboxylic acids is 2. The van der Waals surface area contributed by atoms with E-state index in [0.717, 1.165) is 32.2 Å². The number of hydrogen-bond donors (Lipinski definition) is 2. The van der Waals surface area contributed by atoms with Gasteiger partial charge in [0, 0.05) is 19.5 Å². The molecule has 2 atom stereocenters. The highest BCUT2D eigenvalue weighted by molar-refractivity contribution is 5.75. The fourth-order valence-electron chi connectivity index (χ4n) is 1.88. The molecule has 18 heavy (non-hydrogen) atoms. The molecule has 0 aromatic carbocycles. The third-order valence-electron chi connectivity index (χ3n) is 3.16. The lowest BCUT2D eigenvalue weighted by Crippen LogP contribution is -2.28. The molecule has 0 heterocycles. The first-order chi connectivity index (χ1) is 8.60. The van der Waals surface area contributed by atoms with Gasteiger partial charge in [0.15, 0.2) is 0 Å². The first-order valence-corrected chi connectivity index (χ1v) is 7.03. The number of rotatable bonds is 11. The van der Waals surface area contributed by atoms with Gasteiger partial charge in [-0.25, -0.2) is 0 Å². The van der Waals surface area contributed by atoms with Crippen molar-refractivity contribution in [2.75, 3.05) is 13.1 Å². The van der Waals surface area contributed by atoms with Gasteiger partial charge in [-0.05, 0) is 31.1 Å². The summed E-state index contributed by atoms with van der Waals surface area (Å²) in [5, 5.41) is 5.62. The van der Waals surface area contributed by atoms with Crippen LogP contribution in [-0.4, -0.2) is 25.4 Å². The molecule has 0 aromatic heterocycles. The second kappa shape index (κ2) is 11.1. The van der Waals surface area contributed by atoms with Crippen molar-refractivity contribution in [2.24, 2.45) is 11.8 Å². The van der Waals surface area contributed by atoms with E-state index in [4.69, 9.17) is 0 Å². The number of hydrogen-bond acceptors (Lipinski definition) is 2. The van der Waals surface area contributed by atoms with E-state index < -0.39 is 0 Å². The van der Waals surface area contributed by atoms with Gasteiger partial charge in [-0.1, -0.05) is 27.2 Å². The molecule has 2 N–H and O–H groups in total. The Morgan fingerprint density at radius 3 is 2.50 bits per heavy atom. The van der Waals surface area contributed by atoms with Crippen LogP contribution in [0.5, 0.6) is 0 Å². The molecule has 0 fully saturated rings. The summed E-state index contributed by atoms with van der Waals surface area (Å²) in [7, 11) is 0. The normalized spacial score (nSPS) is 13.7. The molecule has 0 aromatic rings. The van der Waals surface area contributed by atoms with Crippen LogP contribution >= 0.6 is 0 Å². The highest BCUT2D eigenvalue weighted by atomic mass is 16.1. The van der Waals surface area contributed by atoms with Gasteiger partial charge in [-0.15, -0.1) is 0 Å². The standard InChI is InChI=1S/C14H28N2O2/c1-4-5-13(3)10-16-14(18)7-6-12(2)8-9-15-11-17/h11-13H,4-10H2,1-3H3,(H,15,17)(H,16,18). The van der Waals surface area contributed by atoms with Gasteiger partial charge < -0.3 is 10.6 Å². The average molecular weight is 256 g/mol. The Morgan fingerprint density at radius 2 is 1.89 bits per heavy atom. The molecule has 0 aliphatic carbocycles. The maximum Gasteiger partial charge on any atom is 0.220 e. The van der Waals surface area contributed by atoms with Crippen molar-refractivity contribution in [3.05, 3.63) is 0 Å². The monoisotopic (exact) mass is 256 g/mol. The van der Waals surface area contributed by atoms with E-state index in [-0.39, 0.29) is 5.91 Å². The van der Waals surface area contributed by atoms with Crippen LogP contribution in [0.2, 0.25) is 0 Å². The molecule has 0 aliphatic heterocycles. The number of nitrogens with one attached hydrogen (secondary N) is 2. The van der Waals surface area contributed by atoms with Gasteiger partial charge in [-0.2, -0.15) is 0 Å². The van der Waals surface area contributed by atoms with Crippen LogP contribution in [0.15, 0.2) is 0 Å². The molecule has 2 amide bonds. The first-order valence-electron chi connectivity index (χ1n) is 7.03. The molecule has 0 saturated heterocycles. The predicted octanol–water partition coefficient (Wildman–Crippen LogP) is 2.09. The van der Waals surface area contributed by atoms with Crippen LogP contribution < -0.4 is 10.6 Å². The lowest BCUT2D eigenvalue weighted by Gasteiger charge is -2.13. The fraction of sp³-hybridized carbons (Fsp3) is 0.857. The van der Waals surface area contributed by atoms with Gasteiger partial charge in [0.05, 0.1) is 0 Å². The topological polar surface area (TPSA) is 58.2 Å². The zero-order chi connectivity index (χ0) is 13.8. The highest BCUT2D eigenvalue weighted by Crippen LogP contribution is 2.09. The highest BCUT2D eigenvalue weighted by Gasteiger charge is 2.08. The van der Waals surface area contributed by atoms with E-state index >= 15 is 0 Å². The molecule has 0 bridgehead atoms. The Morgan fingerprint density at radius 1 is 1.17 bits per heavy atom. The molecular weight excluding hydrogens is 228 g/mol. The summed E-state index contributed by atoms with van der Waals surface area (Å²) < 4.78 is 0. The van der Waals surface area contributed by atoms with Crippen LogP contribution in [0.3, 0.4) is 0 Å². The Labute approximate surface area is 111 Å². The van der Waals surface area contributed by atoms with E-state index in [1.54, 1.807) is 0 Å². The zero-order valence-electron chi connectivity index (χ0n) is 12.0. The minimum absolute atomic E-state index is 0.146. The van der Waals surface area contributed by atoms with Crippen LogP contribution in [0.4, 0.5) is 0 Å². The molecule has 0 rings (SSSR count). The van der Waals surface area contributed by atoms with Crippen LogP contribution in [0.1, 0.15) is 52.9 Å². The van der Waals surface area contributed by atoms with E-state index in [0.29, 0.717) is 31.2 Å². The van der Waals surface area contributed by atoms with Gasteiger partial charge in [0.2, 0.25) is 12.3 Å². The molecular formula is C14H28N2O2. The predicted molar refractivity (Wildman–Crippen MR) is 74.2 cm³/mol. The molecule has 0 radical (unpaired) electrons. The van der Waals surface area contributed by atoms with E-state index in [2.05, 4.69) is 31.4 Å². The van der Waals surface area contributed by atoms with E-state index in [1.165, 1.54) is 0 Å². The van der Waals surface area contributed by atoms with Crippen molar-refractivity contribution in [3.8, 4) is 0 Å². The summed E-state index contributed by atoms with van der Waals surface area (Å²) in [6.45, 7) is 7.91. The Hall–Kier alpha value is -1.06. The molecule has 0 spiro atoms. The SMILES string of the molecule is CCCC(C)CNC(=O)CCC(C)CCNC=O. The van der Waals surface area contributed by atoms with Crippen molar-refractivity contribution in [2.45, 2.75) is 52.9 Å². The van der Waals surface area contributed by atoms with Gasteiger partial charge in [0.25, 0.3) is 0 Å². The zero-order valence-corrected chi connectivity index (χ0v) is 12.0. The second-order valence-corrected chi connectivity index (χ2v) is 5.20. The molecule has 0 aliphatic rings. The smallest absolute Gasteiger partial charge is 0.220 e. The fourth-order valence-corrected chi connectivity index (χ4v) is 1.88. The second-order valence-electron chi connectivity index (χ2n) is 5.20. The maximum atomic E-state index is 11.6. The summed E-state index contributed by atoms with van der Waals surface area (Å²) in [5.41, 5.74) is 0. The first kappa shape index (κ1) is 16.9. The van der Waals surface area contributed by atoms with Crippen LogP contribution in [0, 0.1) is 11.8 Å². The van der Waals surface area contributed by atoms with Crippen molar-refractivity contribution in [1.29, 1.82) is 0 Å². The van der Waals surface area contributed by atoms with Gasteiger partial charge in [0.1, 0.15) is 0 Å². The molecule has 2 unspecified atom stereocenters. The summed E-state index contributed by atoms with van der Waals surface area (Å²) in [6, 6.07) is 0. The average Bonchev–Trinajstić information content (AvgIpc) is 2.34.